The summed E-state index contributed by atoms with van der Waals surface area (Å²) in [5.41, 5.74) is 1.74. The van der Waals surface area contributed by atoms with Crippen molar-refractivity contribution in [2.75, 3.05) is 6.54 Å². The van der Waals surface area contributed by atoms with Crippen LogP contribution < -0.4 is 10.6 Å². The van der Waals surface area contributed by atoms with Crippen molar-refractivity contribution >= 4 is 17.6 Å². The molecular formula is C17H21ClN2O3. The number of halogens is 1. The Bertz CT molecular complexity index is 652. The number of furan rings is 1. The van der Waals surface area contributed by atoms with Gasteiger partial charge in [-0.3, -0.25) is 0 Å². The summed E-state index contributed by atoms with van der Waals surface area (Å²) in [6, 6.07) is 8.82. The van der Waals surface area contributed by atoms with Gasteiger partial charge in [-0.05, 0) is 44.0 Å². The quantitative estimate of drug-likeness (QED) is 0.756. The van der Waals surface area contributed by atoms with Gasteiger partial charge < -0.3 is 20.2 Å². The highest BCUT2D eigenvalue weighted by Crippen LogP contribution is 2.23. The third-order valence-electron chi connectivity index (χ3n) is 3.51. The third-order valence-corrected chi connectivity index (χ3v) is 3.76. The van der Waals surface area contributed by atoms with E-state index >= 15 is 0 Å². The SMILES string of the molecule is Cc1cc([C@H](O)CCNC(=O)NCc2ccc(Cl)cc2)c(C)o1. The zero-order chi connectivity index (χ0) is 16.8. The first-order chi connectivity index (χ1) is 11.0. The predicted molar refractivity (Wildman–Crippen MR) is 89.4 cm³/mol. The van der Waals surface area contributed by atoms with Crippen LogP contribution >= 0.6 is 11.6 Å². The zero-order valence-corrected chi connectivity index (χ0v) is 14.0. The average molecular weight is 337 g/mol. The minimum Gasteiger partial charge on any atom is -0.466 e. The second-order valence-corrected chi connectivity index (χ2v) is 5.85. The van der Waals surface area contributed by atoms with Gasteiger partial charge in [0.15, 0.2) is 0 Å². The Morgan fingerprint density at radius 3 is 2.57 bits per heavy atom. The van der Waals surface area contributed by atoms with Crippen LogP contribution in [0.25, 0.3) is 0 Å². The van der Waals surface area contributed by atoms with Crippen molar-refractivity contribution in [3.63, 3.8) is 0 Å². The Kier molecular flexibility index (Phi) is 6.07. The monoisotopic (exact) mass is 336 g/mol. The summed E-state index contributed by atoms with van der Waals surface area (Å²) in [5, 5.41) is 16.3. The topological polar surface area (TPSA) is 74.5 Å². The van der Waals surface area contributed by atoms with Crippen LogP contribution in [0.3, 0.4) is 0 Å². The van der Waals surface area contributed by atoms with Gasteiger partial charge in [-0.15, -0.1) is 0 Å². The van der Waals surface area contributed by atoms with Crippen molar-refractivity contribution < 1.29 is 14.3 Å². The minimum atomic E-state index is -0.649. The molecular weight excluding hydrogens is 316 g/mol. The molecule has 0 spiro atoms. The molecule has 0 bridgehead atoms. The number of aryl methyl sites for hydroxylation is 2. The molecule has 1 aromatic heterocycles. The molecule has 0 unspecified atom stereocenters. The minimum absolute atomic E-state index is 0.271. The Balaban J connectivity index is 1.70. The summed E-state index contributed by atoms with van der Waals surface area (Å²) in [6.07, 6.45) is -0.224. The molecule has 2 amide bonds. The maximum atomic E-state index is 11.7. The summed E-state index contributed by atoms with van der Waals surface area (Å²) < 4.78 is 5.39. The smallest absolute Gasteiger partial charge is 0.315 e. The molecule has 0 saturated carbocycles. The predicted octanol–water partition coefficient (Wildman–Crippen LogP) is 3.47. The van der Waals surface area contributed by atoms with Crippen molar-refractivity contribution in [1.82, 2.24) is 10.6 Å². The number of amides is 2. The molecule has 3 N–H and O–H groups in total. The van der Waals surface area contributed by atoms with Gasteiger partial charge in [-0.25, -0.2) is 4.79 Å². The molecule has 0 aliphatic carbocycles. The van der Waals surface area contributed by atoms with Gasteiger partial charge in [-0.2, -0.15) is 0 Å². The standard InChI is InChI=1S/C17H21ClN2O3/c1-11-9-15(12(2)23-11)16(21)7-8-19-17(22)20-10-13-3-5-14(18)6-4-13/h3-6,9,16,21H,7-8,10H2,1-2H3,(H2,19,20,22)/t16-/m1/s1. The molecule has 0 aliphatic rings. The van der Waals surface area contributed by atoms with E-state index in [0.29, 0.717) is 30.3 Å². The van der Waals surface area contributed by atoms with Crippen LogP contribution in [0.4, 0.5) is 4.79 Å². The van der Waals surface area contributed by atoms with E-state index in [1.165, 1.54) is 0 Å². The molecule has 1 atom stereocenters. The van der Waals surface area contributed by atoms with Crippen LogP contribution in [0.1, 0.15) is 35.2 Å². The van der Waals surface area contributed by atoms with Crippen molar-refractivity contribution in [2.24, 2.45) is 0 Å². The first-order valence-electron chi connectivity index (χ1n) is 7.47. The van der Waals surface area contributed by atoms with E-state index < -0.39 is 6.10 Å². The fourth-order valence-electron chi connectivity index (χ4n) is 2.31. The number of urea groups is 1. The summed E-state index contributed by atoms with van der Waals surface area (Å²) in [4.78, 5) is 11.7. The normalized spacial score (nSPS) is 12.0. The maximum Gasteiger partial charge on any atom is 0.315 e. The Labute approximate surface area is 140 Å². The number of nitrogens with one attached hydrogen (secondary N) is 2. The van der Waals surface area contributed by atoms with Crippen LogP contribution in [0.15, 0.2) is 34.7 Å². The molecule has 6 heteroatoms. The third kappa shape index (κ3) is 5.30. The lowest BCUT2D eigenvalue weighted by Crippen LogP contribution is -2.36. The molecule has 23 heavy (non-hydrogen) atoms. The van der Waals surface area contributed by atoms with E-state index in [4.69, 9.17) is 16.0 Å². The molecule has 2 rings (SSSR count). The molecule has 1 aromatic carbocycles. The molecule has 0 aliphatic heterocycles. The van der Waals surface area contributed by atoms with Crippen molar-refractivity contribution in [1.29, 1.82) is 0 Å². The summed E-state index contributed by atoms with van der Waals surface area (Å²) in [6.45, 7) is 4.45. The van der Waals surface area contributed by atoms with Gasteiger partial charge in [0.25, 0.3) is 0 Å². The van der Waals surface area contributed by atoms with Gasteiger partial charge in [0.2, 0.25) is 0 Å². The highest BCUT2D eigenvalue weighted by atomic mass is 35.5. The lowest BCUT2D eigenvalue weighted by molar-refractivity contribution is 0.165. The van der Waals surface area contributed by atoms with Gasteiger partial charge in [0.05, 0.1) is 6.10 Å². The highest BCUT2D eigenvalue weighted by molar-refractivity contribution is 6.30. The van der Waals surface area contributed by atoms with Crippen molar-refractivity contribution in [3.05, 3.63) is 58.0 Å². The Morgan fingerprint density at radius 2 is 1.96 bits per heavy atom. The van der Waals surface area contributed by atoms with Gasteiger partial charge in [0.1, 0.15) is 11.5 Å². The molecule has 0 saturated heterocycles. The fraction of sp³-hybridized carbons (Fsp3) is 0.353. The summed E-state index contributed by atoms with van der Waals surface area (Å²) >= 11 is 5.81. The number of hydrogen-bond donors (Lipinski definition) is 3. The van der Waals surface area contributed by atoms with Gasteiger partial charge in [0, 0.05) is 23.7 Å². The van der Waals surface area contributed by atoms with Crippen LogP contribution in [0, 0.1) is 13.8 Å². The highest BCUT2D eigenvalue weighted by Gasteiger charge is 2.14. The largest absolute Gasteiger partial charge is 0.466 e. The number of aliphatic hydroxyl groups is 1. The van der Waals surface area contributed by atoms with Crippen molar-refractivity contribution in [3.8, 4) is 0 Å². The average Bonchev–Trinajstić information content (AvgIpc) is 2.85. The number of carbonyl (C=O) groups excluding carboxylic acids is 1. The summed E-state index contributed by atoms with van der Waals surface area (Å²) in [7, 11) is 0. The first kappa shape index (κ1) is 17.4. The number of benzene rings is 1. The van der Waals surface area contributed by atoms with Crippen LogP contribution in [-0.2, 0) is 6.54 Å². The van der Waals surface area contributed by atoms with Crippen molar-refractivity contribution in [2.45, 2.75) is 32.9 Å². The number of carbonyl (C=O) groups is 1. The van der Waals surface area contributed by atoms with E-state index in [-0.39, 0.29) is 6.03 Å². The molecule has 0 fully saturated rings. The van der Waals surface area contributed by atoms with Crippen LogP contribution in [-0.4, -0.2) is 17.7 Å². The van der Waals surface area contributed by atoms with Crippen LogP contribution in [0.2, 0.25) is 5.02 Å². The molecule has 1 heterocycles. The van der Waals surface area contributed by atoms with Crippen LogP contribution in [0.5, 0.6) is 0 Å². The summed E-state index contributed by atoms with van der Waals surface area (Å²) in [5.74, 6) is 1.48. The number of aliphatic hydroxyl groups excluding tert-OH is 1. The van der Waals surface area contributed by atoms with E-state index in [1.54, 1.807) is 12.1 Å². The van der Waals surface area contributed by atoms with Gasteiger partial charge >= 0.3 is 6.03 Å². The molecule has 2 aromatic rings. The Morgan fingerprint density at radius 1 is 1.26 bits per heavy atom. The number of rotatable bonds is 6. The molecule has 5 nitrogen and oxygen atoms in total. The lowest BCUT2D eigenvalue weighted by Gasteiger charge is -2.11. The zero-order valence-electron chi connectivity index (χ0n) is 13.2. The fourth-order valence-corrected chi connectivity index (χ4v) is 2.43. The van der Waals surface area contributed by atoms with E-state index in [2.05, 4.69) is 10.6 Å². The number of hydrogen-bond acceptors (Lipinski definition) is 3. The molecule has 0 radical (unpaired) electrons. The Hall–Kier alpha value is -1.98. The lowest BCUT2D eigenvalue weighted by atomic mass is 10.1. The first-order valence-corrected chi connectivity index (χ1v) is 7.84. The second kappa shape index (κ2) is 8.04. The van der Waals surface area contributed by atoms with E-state index in [0.717, 1.165) is 16.9 Å². The van der Waals surface area contributed by atoms with E-state index in [1.807, 2.05) is 32.0 Å². The van der Waals surface area contributed by atoms with E-state index in [9.17, 15) is 9.90 Å². The van der Waals surface area contributed by atoms with Gasteiger partial charge in [-0.1, -0.05) is 23.7 Å². The maximum absolute atomic E-state index is 11.7. The molecule has 124 valence electrons. The second-order valence-electron chi connectivity index (χ2n) is 5.41.